The number of fused-ring (bicyclic) bond motifs is 1. The maximum atomic E-state index is 11.1. The van der Waals surface area contributed by atoms with Crippen molar-refractivity contribution in [2.24, 2.45) is 5.16 Å². The first-order valence-electron chi connectivity index (χ1n) is 8.59. The van der Waals surface area contributed by atoms with Crippen molar-refractivity contribution < 1.29 is 28.7 Å². The lowest BCUT2D eigenvalue weighted by atomic mass is 10.1. The molecular formula is C19H20N2O7. The van der Waals surface area contributed by atoms with Gasteiger partial charge in [-0.05, 0) is 25.1 Å². The molecule has 0 bridgehead atoms. The van der Waals surface area contributed by atoms with Gasteiger partial charge in [-0.25, -0.2) is 0 Å². The van der Waals surface area contributed by atoms with Crippen molar-refractivity contribution in [1.82, 2.24) is 0 Å². The highest BCUT2D eigenvalue weighted by atomic mass is 16.7. The quantitative estimate of drug-likeness (QED) is 0.388. The van der Waals surface area contributed by atoms with Crippen molar-refractivity contribution in [3.8, 4) is 17.2 Å². The maximum Gasteiger partial charge on any atom is 0.270 e. The third kappa shape index (κ3) is 4.49. The van der Waals surface area contributed by atoms with Gasteiger partial charge in [0.1, 0.15) is 12.4 Å². The minimum Gasteiger partial charge on any atom is -0.493 e. The molecule has 2 aromatic rings. The minimum atomic E-state index is -0.464. The second-order valence-electron chi connectivity index (χ2n) is 5.81. The van der Waals surface area contributed by atoms with Crippen LogP contribution in [-0.4, -0.2) is 31.6 Å². The van der Waals surface area contributed by atoms with E-state index in [2.05, 4.69) is 5.16 Å². The van der Waals surface area contributed by atoms with Crippen LogP contribution in [0, 0.1) is 10.1 Å². The Labute approximate surface area is 161 Å². The van der Waals surface area contributed by atoms with E-state index in [1.165, 1.54) is 18.3 Å². The average Bonchev–Trinajstić information content (AvgIpc) is 2.71. The van der Waals surface area contributed by atoms with Gasteiger partial charge in [-0.15, -0.1) is 0 Å². The molecule has 0 saturated carbocycles. The summed E-state index contributed by atoms with van der Waals surface area (Å²) in [6.07, 6.45) is 1.52. The number of non-ortho nitro benzene ring substituents is 1. The molecule has 0 aromatic heterocycles. The molecule has 28 heavy (non-hydrogen) atoms. The summed E-state index contributed by atoms with van der Waals surface area (Å²) in [6.45, 7) is 2.79. The van der Waals surface area contributed by atoms with E-state index in [1.807, 2.05) is 13.0 Å². The average molecular weight is 388 g/mol. The van der Waals surface area contributed by atoms with E-state index in [4.69, 9.17) is 23.8 Å². The van der Waals surface area contributed by atoms with Gasteiger partial charge in [-0.2, -0.15) is 0 Å². The molecule has 0 N–H and O–H groups in total. The van der Waals surface area contributed by atoms with Gasteiger partial charge in [0, 0.05) is 28.8 Å². The van der Waals surface area contributed by atoms with Crippen molar-refractivity contribution in [1.29, 1.82) is 0 Å². The fourth-order valence-corrected chi connectivity index (χ4v) is 2.74. The number of rotatable bonds is 8. The molecule has 9 nitrogen and oxygen atoms in total. The van der Waals surface area contributed by atoms with Crippen LogP contribution in [0.15, 0.2) is 35.5 Å². The highest BCUT2D eigenvalue weighted by molar-refractivity contribution is 5.80. The monoisotopic (exact) mass is 388 g/mol. The second kappa shape index (κ2) is 9.05. The lowest BCUT2D eigenvalue weighted by Gasteiger charge is -2.20. The molecule has 3 rings (SSSR count). The SMILES string of the molecule is CCOc1ccc(/C=N\OCc2cc([N+](=O)[O-])cc3c2OCOC3)cc1OC. The highest BCUT2D eigenvalue weighted by Gasteiger charge is 2.21. The molecule has 9 heteroatoms. The number of benzene rings is 2. The van der Waals surface area contributed by atoms with Gasteiger partial charge < -0.3 is 23.8 Å². The summed E-state index contributed by atoms with van der Waals surface area (Å²) in [5, 5.41) is 15.1. The van der Waals surface area contributed by atoms with Gasteiger partial charge in [0.2, 0.25) is 0 Å². The number of nitro groups is 1. The summed E-state index contributed by atoms with van der Waals surface area (Å²) in [5.41, 5.74) is 1.85. The molecule has 2 aromatic carbocycles. The summed E-state index contributed by atoms with van der Waals surface area (Å²) in [7, 11) is 1.56. The van der Waals surface area contributed by atoms with Crippen molar-refractivity contribution in [3.63, 3.8) is 0 Å². The molecule has 0 unspecified atom stereocenters. The fraction of sp³-hybridized carbons (Fsp3) is 0.316. The maximum absolute atomic E-state index is 11.1. The topological polar surface area (TPSA) is 102 Å². The first kappa shape index (κ1) is 19.4. The number of hydrogen-bond acceptors (Lipinski definition) is 8. The minimum absolute atomic E-state index is 0.0225. The smallest absolute Gasteiger partial charge is 0.270 e. The van der Waals surface area contributed by atoms with Gasteiger partial charge in [0.25, 0.3) is 5.69 Å². The van der Waals surface area contributed by atoms with E-state index in [0.717, 1.165) is 5.56 Å². The van der Waals surface area contributed by atoms with Crippen LogP contribution in [0.3, 0.4) is 0 Å². The number of oxime groups is 1. The van der Waals surface area contributed by atoms with Crippen molar-refractivity contribution in [3.05, 3.63) is 57.1 Å². The van der Waals surface area contributed by atoms with Crippen molar-refractivity contribution in [2.45, 2.75) is 20.1 Å². The fourth-order valence-electron chi connectivity index (χ4n) is 2.74. The Bertz CT molecular complexity index is 883. The third-order valence-corrected chi connectivity index (χ3v) is 3.97. The third-order valence-electron chi connectivity index (χ3n) is 3.97. The number of nitrogens with zero attached hydrogens (tertiary/aromatic N) is 2. The number of methoxy groups -OCH3 is 1. The summed E-state index contributed by atoms with van der Waals surface area (Å²) >= 11 is 0. The Morgan fingerprint density at radius 1 is 1.29 bits per heavy atom. The summed E-state index contributed by atoms with van der Waals surface area (Å²) < 4.78 is 21.4. The van der Waals surface area contributed by atoms with E-state index >= 15 is 0 Å². The lowest BCUT2D eigenvalue weighted by Crippen LogP contribution is -2.14. The Morgan fingerprint density at radius 2 is 2.14 bits per heavy atom. The second-order valence-corrected chi connectivity index (χ2v) is 5.81. The largest absolute Gasteiger partial charge is 0.493 e. The van der Waals surface area contributed by atoms with Crippen molar-refractivity contribution in [2.75, 3.05) is 20.5 Å². The van der Waals surface area contributed by atoms with E-state index in [9.17, 15) is 10.1 Å². The zero-order valence-electron chi connectivity index (χ0n) is 15.5. The van der Waals surface area contributed by atoms with E-state index < -0.39 is 4.92 Å². The first-order valence-corrected chi connectivity index (χ1v) is 8.59. The Kier molecular flexibility index (Phi) is 6.28. The molecule has 0 fully saturated rings. The van der Waals surface area contributed by atoms with Gasteiger partial charge in [0.05, 0.1) is 31.5 Å². The zero-order chi connectivity index (χ0) is 19.9. The molecule has 1 aliphatic heterocycles. The van der Waals surface area contributed by atoms with E-state index in [1.54, 1.807) is 19.2 Å². The molecule has 0 saturated heterocycles. The number of ether oxygens (including phenoxy) is 4. The zero-order valence-corrected chi connectivity index (χ0v) is 15.5. The normalized spacial score (nSPS) is 12.9. The predicted molar refractivity (Wildman–Crippen MR) is 99.9 cm³/mol. The molecule has 0 amide bonds. The van der Waals surface area contributed by atoms with Crippen LogP contribution in [0.2, 0.25) is 0 Å². The van der Waals surface area contributed by atoms with Crippen LogP contribution >= 0.6 is 0 Å². The highest BCUT2D eigenvalue weighted by Crippen LogP contribution is 2.33. The number of hydrogen-bond donors (Lipinski definition) is 0. The van der Waals surface area contributed by atoms with Gasteiger partial charge in [-0.3, -0.25) is 10.1 Å². The molecule has 0 atom stereocenters. The molecule has 0 radical (unpaired) electrons. The summed E-state index contributed by atoms with van der Waals surface area (Å²) in [6, 6.07) is 8.23. The predicted octanol–water partition coefficient (Wildman–Crippen LogP) is 3.42. The number of nitro benzene ring substituents is 1. The van der Waals surface area contributed by atoms with Crippen molar-refractivity contribution >= 4 is 11.9 Å². The lowest BCUT2D eigenvalue weighted by molar-refractivity contribution is -0.385. The Balaban J connectivity index is 1.71. The molecule has 0 spiro atoms. The molecule has 1 heterocycles. The molecule has 0 aliphatic carbocycles. The standard InChI is InChI=1S/C19H20N2O7/c1-3-26-17-5-4-13(6-18(17)24-2)9-20-28-11-15-8-16(21(22)23)7-14-10-25-12-27-19(14)15/h4-9H,3,10-12H2,1-2H3/b20-9-. The van der Waals surface area contributed by atoms with E-state index in [0.29, 0.717) is 35.0 Å². The van der Waals surface area contributed by atoms with Gasteiger partial charge in [-0.1, -0.05) is 5.16 Å². The van der Waals surface area contributed by atoms with E-state index in [-0.39, 0.29) is 25.7 Å². The summed E-state index contributed by atoms with van der Waals surface area (Å²) in [5.74, 6) is 1.77. The Morgan fingerprint density at radius 3 is 2.89 bits per heavy atom. The molecule has 148 valence electrons. The molecular weight excluding hydrogens is 368 g/mol. The van der Waals surface area contributed by atoms with Crippen LogP contribution in [-0.2, 0) is 22.8 Å². The first-order chi connectivity index (χ1) is 13.6. The molecule has 1 aliphatic rings. The summed E-state index contributed by atoms with van der Waals surface area (Å²) in [4.78, 5) is 16.0. The van der Waals surface area contributed by atoms with Crippen LogP contribution in [0.5, 0.6) is 17.2 Å². The van der Waals surface area contributed by atoms with Crippen LogP contribution in [0.4, 0.5) is 5.69 Å². The van der Waals surface area contributed by atoms with Crippen LogP contribution in [0.25, 0.3) is 0 Å². The Hall–Kier alpha value is -3.33. The van der Waals surface area contributed by atoms with Gasteiger partial charge in [0.15, 0.2) is 18.3 Å². The van der Waals surface area contributed by atoms with Crippen LogP contribution in [0.1, 0.15) is 23.6 Å². The van der Waals surface area contributed by atoms with Crippen LogP contribution < -0.4 is 14.2 Å². The van der Waals surface area contributed by atoms with Gasteiger partial charge >= 0.3 is 0 Å².